The standard InChI is InChI=1S/C26H20ClFN4O3S/c1-31-21(9-10-29-31)20-13-22(36-23(20)27)24(33)30-17(12-15-5-4-6-16(28)11-15)14-32-25(34)18-7-2-3-8-19(18)26(32)35/h2-11,13,17H,12,14H2,1H3,(H,30,33)/t17-/m0/s1. The summed E-state index contributed by atoms with van der Waals surface area (Å²) >= 11 is 7.54. The number of carbonyl (C=O) groups is 3. The van der Waals surface area contributed by atoms with Gasteiger partial charge in [-0.2, -0.15) is 5.10 Å². The molecule has 4 aromatic rings. The lowest BCUT2D eigenvalue weighted by atomic mass is 10.0. The Labute approximate surface area is 215 Å². The van der Waals surface area contributed by atoms with Crippen LogP contribution >= 0.6 is 22.9 Å². The largest absolute Gasteiger partial charge is 0.346 e. The van der Waals surface area contributed by atoms with Gasteiger partial charge >= 0.3 is 0 Å². The van der Waals surface area contributed by atoms with Gasteiger partial charge in [-0.05, 0) is 48.4 Å². The molecule has 2 aromatic heterocycles. The van der Waals surface area contributed by atoms with E-state index in [2.05, 4.69) is 10.4 Å². The first kappa shape index (κ1) is 23.9. The number of amides is 3. The maximum atomic E-state index is 13.8. The van der Waals surface area contributed by atoms with Gasteiger partial charge < -0.3 is 5.32 Å². The summed E-state index contributed by atoms with van der Waals surface area (Å²) in [6, 6.07) is 15.4. The summed E-state index contributed by atoms with van der Waals surface area (Å²) in [5, 5.41) is 7.06. The molecule has 36 heavy (non-hydrogen) atoms. The molecule has 1 aliphatic rings. The lowest BCUT2D eigenvalue weighted by molar-refractivity contribution is 0.0629. The summed E-state index contributed by atoms with van der Waals surface area (Å²) in [6.07, 6.45) is 1.85. The number of imide groups is 1. The number of thiophene rings is 1. The van der Waals surface area contributed by atoms with Gasteiger partial charge in [0, 0.05) is 25.4 Å². The first-order chi connectivity index (χ1) is 17.3. The zero-order valence-electron chi connectivity index (χ0n) is 19.1. The Hall–Kier alpha value is -3.82. The Morgan fingerprint density at radius 3 is 2.42 bits per heavy atom. The van der Waals surface area contributed by atoms with E-state index in [0.29, 0.717) is 31.5 Å². The van der Waals surface area contributed by atoms with E-state index in [1.807, 2.05) is 0 Å². The van der Waals surface area contributed by atoms with Crippen LogP contribution in [0.25, 0.3) is 11.3 Å². The summed E-state index contributed by atoms with van der Waals surface area (Å²) in [5.41, 5.74) is 2.71. The van der Waals surface area contributed by atoms with Crippen LogP contribution < -0.4 is 5.32 Å². The molecule has 5 rings (SSSR count). The number of aromatic nitrogens is 2. The van der Waals surface area contributed by atoms with Gasteiger partial charge in [-0.3, -0.25) is 24.0 Å². The van der Waals surface area contributed by atoms with E-state index in [1.165, 1.54) is 12.1 Å². The van der Waals surface area contributed by atoms with Crippen LogP contribution in [0, 0.1) is 5.82 Å². The zero-order chi connectivity index (χ0) is 25.4. The summed E-state index contributed by atoms with van der Waals surface area (Å²) in [6.45, 7) is -0.0672. The number of benzene rings is 2. The molecular weight excluding hydrogens is 503 g/mol. The molecule has 182 valence electrons. The van der Waals surface area contributed by atoms with Crippen molar-refractivity contribution in [2.45, 2.75) is 12.5 Å². The van der Waals surface area contributed by atoms with E-state index in [1.54, 1.807) is 66.5 Å². The summed E-state index contributed by atoms with van der Waals surface area (Å²) < 4.78 is 15.9. The molecule has 7 nitrogen and oxygen atoms in total. The van der Waals surface area contributed by atoms with Crippen LogP contribution in [0.5, 0.6) is 0 Å². The van der Waals surface area contributed by atoms with Crippen molar-refractivity contribution < 1.29 is 18.8 Å². The van der Waals surface area contributed by atoms with Gasteiger partial charge in [-0.1, -0.05) is 35.9 Å². The van der Waals surface area contributed by atoms with Crippen molar-refractivity contribution in [1.29, 1.82) is 0 Å². The van der Waals surface area contributed by atoms with Crippen molar-refractivity contribution in [2.75, 3.05) is 6.54 Å². The molecule has 0 fully saturated rings. The molecule has 0 saturated heterocycles. The molecular formula is C26H20ClFN4O3S. The topological polar surface area (TPSA) is 84.3 Å². The fourth-order valence-corrected chi connectivity index (χ4v) is 5.48. The molecule has 0 spiro atoms. The van der Waals surface area contributed by atoms with Gasteiger partial charge in [-0.25, -0.2) is 4.39 Å². The monoisotopic (exact) mass is 522 g/mol. The van der Waals surface area contributed by atoms with E-state index >= 15 is 0 Å². The smallest absolute Gasteiger partial charge is 0.261 e. The summed E-state index contributed by atoms with van der Waals surface area (Å²) in [4.78, 5) is 40.6. The van der Waals surface area contributed by atoms with Crippen LogP contribution in [-0.2, 0) is 13.5 Å². The van der Waals surface area contributed by atoms with Gasteiger partial charge in [0.1, 0.15) is 10.2 Å². The minimum atomic E-state index is -0.664. The van der Waals surface area contributed by atoms with Crippen LogP contribution in [0.4, 0.5) is 4.39 Å². The molecule has 0 aliphatic carbocycles. The Morgan fingerprint density at radius 1 is 1.06 bits per heavy atom. The number of fused-ring (bicyclic) bond motifs is 1. The minimum Gasteiger partial charge on any atom is -0.346 e. The highest BCUT2D eigenvalue weighted by Gasteiger charge is 2.36. The number of halogens is 2. The third kappa shape index (κ3) is 4.55. The third-order valence-electron chi connectivity index (χ3n) is 5.99. The molecule has 1 N–H and O–H groups in total. The second kappa shape index (κ2) is 9.67. The SMILES string of the molecule is Cn1nccc1-c1cc(C(=O)N[C@@H](Cc2cccc(F)c2)CN2C(=O)c3ccccc3C2=O)sc1Cl. The highest BCUT2D eigenvalue weighted by atomic mass is 35.5. The average molecular weight is 523 g/mol. The van der Waals surface area contributed by atoms with Crippen LogP contribution in [-0.4, -0.2) is 45.0 Å². The molecule has 0 saturated carbocycles. The quantitative estimate of drug-likeness (QED) is 0.360. The van der Waals surface area contributed by atoms with Crippen LogP contribution in [0.1, 0.15) is 36.0 Å². The predicted octanol–water partition coefficient (Wildman–Crippen LogP) is 4.58. The molecule has 2 aromatic carbocycles. The Kier molecular flexibility index (Phi) is 6.42. The van der Waals surface area contributed by atoms with Crippen molar-refractivity contribution in [2.24, 2.45) is 7.05 Å². The molecule has 0 bridgehead atoms. The van der Waals surface area contributed by atoms with E-state index < -0.39 is 29.6 Å². The summed E-state index contributed by atoms with van der Waals surface area (Å²) in [7, 11) is 1.78. The number of aryl methyl sites for hydroxylation is 1. The highest BCUT2D eigenvalue weighted by molar-refractivity contribution is 7.18. The van der Waals surface area contributed by atoms with Crippen molar-refractivity contribution in [3.8, 4) is 11.3 Å². The van der Waals surface area contributed by atoms with Gasteiger partial charge in [0.2, 0.25) is 0 Å². The fourth-order valence-electron chi connectivity index (χ4n) is 4.28. The van der Waals surface area contributed by atoms with Crippen LogP contribution in [0.15, 0.2) is 66.9 Å². The first-order valence-electron chi connectivity index (χ1n) is 11.1. The maximum Gasteiger partial charge on any atom is 0.261 e. The number of carbonyl (C=O) groups excluding carboxylic acids is 3. The number of hydrogen-bond acceptors (Lipinski definition) is 5. The Bertz CT molecular complexity index is 1460. The minimum absolute atomic E-state index is 0.0672. The molecule has 3 heterocycles. The number of nitrogens with one attached hydrogen (secondary N) is 1. The Morgan fingerprint density at radius 2 is 1.78 bits per heavy atom. The zero-order valence-corrected chi connectivity index (χ0v) is 20.6. The van der Waals surface area contributed by atoms with E-state index in [4.69, 9.17) is 11.6 Å². The molecule has 3 amide bonds. The summed E-state index contributed by atoms with van der Waals surface area (Å²) in [5.74, 6) is -1.67. The highest BCUT2D eigenvalue weighted by Crippen LogP contribution is 2.35. The number of hydrogen-bond donors (Lipinski definition) is 1. The van der Waals surface area contributed by atoms with Gasteiger partial charge in [0.15, 0.2) is 0 Å². The molecule has 0 radical (unpaired) electrons. The van der Waals surface area contributed by atoms with E-state index in [-0.39, 0.29) is 13.0 Å². The van der Waals surface area contributed by atoms with E-state index in [9.17, 15) is 18.8 Å². The number of nitrogens with zero attached hydrogens (tertiary/aromatic N) is 3. The second-order valence-corrected chi connectivity index (χ2v) is 10.1. The lowest BCUT2D eigenvalue weighted by Gasteiger charge is -2.24. The molecule has 1 aliphatic heterocycles. The van der Waals surface area contributed by atoms with Gasteiger partial charge in [0.05, 0.1) is 27.7 Å². The second-order valence-electron chi connectivity index (χ2n) is 8.41. The third-order valence-corrected chi connectivity index (χ3v) is 7.35. The van der Waals surface area contributed by atoms with Crippen molar-refractivity contribution in [1.82, 2.24) is 20.0 Å². The molecule has 0 unspecified atom stereocenters. The lowest BCUT2D eigenvalue weighted by Crippen LogP contribution is -2.46. The van der Waals surface area contributed by atoms with Gasteiger partial charge in [-0.15, -0.1) is 11.3 Å². The fraction of sp³-hybridized carbons (Fsp3) is 0.154. The average Bonchev–Trinajstić information content (AvgIpc) is 3.52. The number of rotatable bonds is 7. The van der Waals surface area contributed by atoms with E-state index in [0.717, 1.165) is 21.9 Å². The maximum absolute atomic E-state index is 13.8. The van der Waals surface area contributed by atoms with Crippen molar-refractivity contribution in [3.05, 3.63) is 98.6 Å². The van der Waals surface area contributed by atoms with Gasteiger partial charge in [0.25, 0.3) is 17.7 Å². The van der Waals surface area contributed by atoms with Crippen molar-refractivity contribution >= 4 is 40.7 Å². The molecule has 10 heteroatoms. The normalized spacial score (nSPS) is 13.7. The molecule has 1 atom stereocenters. The predicted molar refractivity (Wildman–Crippen MR) is 135 cm³/mol. The van der Waals surface area contributed by atoms with Crippen LogP contribution in [0.2, 0.25) is 4.34 Å². The van der Waals surface area contributed by atoms with Crippen LogP contribution in [0.3, 0.4) is 0 Å². The Balaban J connectivity index is 1.41. The van der Waals surface area contributed by atoms with Crippen molar-refractivity contribution in [3.63, 3.8) is 0 Å². The first-order valence-corrected chi connectivity index (χ1v) is 12.3.